The molecule has 1 aromatic heterocycles. The largest absolute Gasteiger partial charge is 0.462 e. The van der Waals surface area contributed by atoms with E-state index in [-0.39, 0.29) is 36.7 Å². The number of ether oxygens (including phenoxy) is 2. The van der Waals surface area contributed by atoms with Crippen LogP contribution >= 0.6 is 11.6 Å². The van der Waals surface area contributed by atoms with Gasteiger partial charge in [-0.25, -0.2) is 9.59 Å². The topological polar surface area (TPSA) is 144 Å². The monoisotopic (exact) mass is 605 g/mol. The first kappa shape index (κ1) is 30.8. The summed E-state index contributed by atoms with van der Waals surface area (Å²) in [6.07, 6.45) is 1.42. The SMILES string of the molecule is CCOC(=O)C1=C(C)N(c2ccc(Cl)cc2)C(=O)/C1=C/c1ccc(CNC(=O)C(=O)Nc2ccc(C(=O)OCC)cc2)o1. The Morgan fingerprint density at radius 1 is 0.884 bits per heavy atom. The molecule has 0 saturated carbocycles. The molecule has 0 atom stereocenters. The number of hydrogen-bond donors (Lipinski definition) is 2. The highest BCUT2D eigenvalue weighted by atomic mass is 35.5. The highest BCUT2D eigenvalue weighted by Gasteiger charge is 2.38. The average Bonchev–Trinajstić information content (AvgIpc) is 3.54. The van der Waals surface area contributed by atoms with Gasteiger partial charge in [0.2, 0.25) is 0 Å². The number of furan rings is 1. The van der Waals surface area contributed by atoms with Gasteiger partial charge in [0.25, 0.3) is 5.91 Å². The van der Waals surface area contributed by atoms with Gasteiger partial charge >= 0.3 is 23.8 Å². The molecular formula is C31H28ClN3O8. The van der Waals surface area contributed by atoms with Crippen molar-refractivity contribution in [1.29, 1.82) is 0 Å². The summed E-state index contributed by atoms with van der Waals surface area (Å²) in [6.45, 7) is 5.23. The third kappa shape index (κ3) is 7.19. The predicted octanol–water partition coefficient (Wildman–Crippen LogP) is 4.63. The summed E-state index contributed by atoms with van der Waals surface area (Å²) in [5.41, 5.74) is 1.70. The van der Waals surface area contributed by atoms with E-state index in [2.05, 4.69) is 10.6 Å². The molecule has 1 aliphatic rings. The van der Waals surface area contributed by atoms with Crippen LogP contribution in [-0.4, -0.2) is 42.9 Å². The molecule has 12 heteroatoms. The van der Waals surface area contributed by atoms with Crippen molar-refractivity contribution in [2.75, 3.05) is 23.4 Å². The number of rotatable bonds is 9. The first-order valence-corrected chi connectivity index (χ1v) is 13.7. The van der Waals surface area contributed by atoms with E-state index in [9.17, 15) is 24.0 Å². The van der Waals surface area contributed by atoms with Crippen LogP contribution in [0.3, 0.4) is 0 Å². The van der Waals surface area contributed by atoms with Crippen molar-refractivity contribution in [3.8, 4) is 0 Å². The van der Waals surface area contributed by atoms with E-state index in [1.165, 1.54) is 35.2 Å². The molecule has 1 aliphatic heterocycles. The van der Waals surface area contributed by atoms with Gasteiger partial charge in [0.15, 0.2) is 0 Å². The number of anilines is 2. The normalized spacial score (nSPS) is 13.7. The van der Waals surface area contributed by atoms with Crippen LogP contribution in [0.1, 0.15) is 42.6 Å². The number of amides is 3. The first-order chi connectivity index (χ1) is 20.6. The van der Waals surface area contributed by atoms with Gasteiger partial charge in [-0.05, 0) is 87.5 Å². The fraction of sp³-hybridized carbons (Fsp3) is 0.194. The molecule has 0 unspecified atom stereocenters. The minimum absolute atomic E-state index is 0.0733. The summed E-state index contributed by atoms with van der Waals surface area (Å²) in [5, 5.41) is 5.40. The minimum atomic E-state index is -0.920. The van der Waals surface area contributed by atoms with Gasteiger partial charge in [-0.2, -0.15) is 0 Å². The van der Waals surface area contributed by atoms with Crippen LogP contribution in [0, 0.1) is 0 Å². The van der Waals surface area contributed by atoms with Crippen molar-refractivity contribution in [3.63, 3.8) is 0 Å². The van der Waals surface area contributed by atoms with Crippen LogP contribution in [-0.2, 0) is 35.2 Å². The maximum Gasteiger partial charge on any atom is 0.340 e. The molecule has 43 heavy (non-hydrogen) atoms. The van der Waals surface area contributed by atoms with E-state index < -0.39 is 29.7 Å². The quantitative estimate of drug-likeness (QED) is 0.204. The number of esters is 2. The van der Waals surface area contributed by atoms with Gasteiger partial charge in [0.05, 0.1) is 36.5 Å². The third-order valence-corrected chi connectivity index (χ3v) is 6.47. The van der Waals surface area contributed by atoms with Crippen molar-refractivity contribution in [3.05, 3.63) is 99.6 Å². The Morgan fingerprint density at radius 3 is 2.19 bits per heavy atom. The van der Waals surface area contributed by atoms with E-state index >= 15 is 0 Å². The lowest BCUT2D eigenvalue weighted by atomic mass is 10.1. The lowest BCUT2D eigenvalue weighted by Gasteiger charge is -2.17. The molecule has 0 fully saturated rings. The molecule has 4 rings (SSSR count). The summed E-state index contributed by atoms with van der Waals surface area (Å²) >= 11 is 6.00. The molecule has 0 radical (unpaired) electrons. The zero-order chi connectivity index (χ0) is 31.1. The van der Waals surface area contributed by atoms with E-state index in [4.69, 9.17) is 25.5 Å². The van der Waals surface area contributed by atoms with Crippen LogP contribution in [0.25, 0.3) is 6.08 Å². The molecule has 0 spiro atoms. The van der Waals surface area contributed by atoms with Crippen LogP contribution in [0.4, 0.5) is 11.4 Å². The van der Waals surface area contributed by atoms with Gasteiger partial charge in [0.1, 0.15) is 11.5 Å². The van der Waals surface area contributed by atoms with Gasteiger partial charge in [-0.1, -0.05) is 11.6 Å². The summed E-state index contributed by atoms with van der Waals surface area (Å²) in [5.74, 6) is -2.91. The van der Waals surface area contributed by atoms with Crippen molar-refractivity contribution in [2.45, 2.75) is 27.3 Å². The molecule has 222 valence electrons. The fourth-order valence-electron chi connectivity index (χ4n) is 4.23. The van der Waals surface area contributed by atoms with E-state index in [1.54, 1.807) is 57.2 Å². The zero-order valence-corrected chi connectivity index (χ0v) is 24.3. The summed E-state index contributed by atoms with van der Waals surface area (Å²) in [4.78, 5) is 64.1. The summed E-state index contributed by atoms with van der Waals surface area (Å²) in [7, 11) is 0. The second-order valence-electron chi connectivity index (χ2n) is 9.09. The number of allylic oxidation sites excluding steroid dienone is 1. The minimum Gasteiger partial charge on any atom is -0.462 e. The first-order valence-electron chi connectivity index (χ1n) is 13.3. The molecule has 3 aromatic rings. The standard InChI is InChI=1S/C31H28ClN3O8/c1-4-41-30(39)19-6-10-21(11-7-19)34-28(37)27(36)33-17-24-15-14-23(43-24)16-25-26(31(40)42-5-2)18(3)35(29(25)38)22-12-8-20(32)9-13-22/h6-16H,4-5,17H2,1-3H3,(H,33,36)(H,34,37)/b25-16+. The number of nitrogens with zero attached hydrogens (tertiary/aromatic N) is 1. The maximum atomic E-state index is 13.5. The molecule has 3 amide bonds. The molecule has 2 aromatic carbocycles. The predicted molar refractivity (Wildman–Crippen MR) is 158 cm³/mol. The van der Waals surface area contributed by atoms with Crippen molar-refractivity contribution < 1.29 is 37.9 Å². The Bertz CT molecular complexity index is 1620. The number of halogens is 1. The summed E-state index contributed by atoms with van der Waals surface area (Å²) in [6, 6.07) is 15.6. The van der Waals surface area contributed by atoms with Crippen LogP contribution in [0.15, 0.2) is 81.9 Å². The smallest absolute Gasteiger partial charge is 0.340 e. The Balaban J connectivity index is 1.44. The molecule has 0 bridgehead atoms. The zero-order valence-electron chi connectivity index (χ0n) is 23.6. The van der Waals surface area contributed by atoms with Gasteiger partial charge in [-0.3, -0.25) is 19.3 Å². The van der Waals surface area contributed by atoms with Crippen molar-refractivity contribution in [1.82, 2.24) is 5.32 Å². The number of carbonyl (C=O) groups excluding carboxylic acids is 5. The maximum absolute atomic E-state index is 13.5. The fourth-order valence-corrected chi connectivity index (χ4v) is 4.36. The number of benzene rings is 2. The molecule has 2 N–H and O–H groups in total. The number of nitrogens with one attached hydrogen (secondary N) is 2. The van der Waals surface area contributed by atoms with E-state index in [0.717, 1.165) is 0 Å². The molecule has 0 saturated heterocycles. The Hall–Kier alpha value is -5.16. The van der Waals surface area contributed by atoms with E-state index in [1.807, 2.05) is 0 Å². The van der Waals surface area contributed by atoms with Gasteiger partial charge in [-0.15, -0.1) is 0 Å². The Labute approximate surface area is 252 Å². The van der Waals surface area contributed by atoms with E-state index in [0.29, 0.717) is 33.4 Å². The van der Waals surface area contributed by atoms with Gasteiger partial charge in [0, 0.05) is 22.1 Å². The molecular weight excluding hydrogens is 578 g/mol. The van der Waals surface area contributed by atoms with Crippen LogP contribution in [0.5, 0.6) is 0 Å². The lowest BCUT2D eigenvalue weighted by molar-refractivity contribution is -0.138. The lowest BCUT2D eigenvalue weighted by Crippen LogP contribution is -2.34. The second kappa shape index (κ2) is 13.7. The highest BCUT2D eigenvalue weighted by molar-refractivity contribution is 6.39. The highest BCUT2D eigenvalue weighted by Crippen LogP contribution is 2.36. The number of carbonyl (C=O) groups is 5. The van der Waals surface area contributed by atoms with Crippen LogP contribution < -0.4 is 15.5 Å². The molecule has 11 nitrogen and oxygen atoms in total. The second-order valence-corrected chi connectivity index (χ2v) is 9.53. The van der Waals surface area contributed by atoms with Crippen molar-refractivity contribution in [2.24, 2.45) is 0 Å². The molecule has 0 aliphatic carbocycles. The van der Waals surface area contributed by atoms with Gasteiger partial charge < -0.3 is 24.5 Å². The number of hydrogen-bond acceptors (Lipinski definition) is 8. The Morgan fingerprint density at radius 2 is 1.53 bits per heavy atom. The Kier molecular flexibility index (Phi) is 9.79. The molecule has 2 heterocycles. The third-order valence-electron chi connectivity index (χ3n) is 6.22. The van der Waals surface area contributed by atoms with Crippen LogP contribution in [0.2, 0.25) is 5.02 Å². The summed E-state index contributed by atoms with van der Waals surface area (Å²) < 4.78 is 15.9. The average molecular weight is 606 g/mol. The van der Waals surface area contributed by atoms with Crippen molar-refractivity contribution >= 4 is 58.7 Å².